The quantitative estimate of drug-likeness (QED) is 0.916. The normalized spacial score (nSPS) is 18.4. The average molecular weight is 278 g/mol. The lowest BCUT2D eigenvalue weighted by Gasteiger charge is -2.18. The molecular formula is C15H19FN2O2. The summed E-state index contributed by atoms with van der Waals surface area (Å²) in [5.41, 5.74) is 0.348. The van der Waals surface area contributed by atoms with Crippen LogP contribution in [0, 0.1) is 11.7 Å². The van der Waals surface area contributed by atoms with Crippen molar-refractivity contribution in [1.82, 2.24) is 10.2 Å². The fourth-order valence-corrected chi connectivity index (χ4v) is 2.23. The van der Waals surface area contributed by atoms with E-state index in [0.29, 0.717) is 18.7 Å². The van der Waals surface area contributed by atoms with Crippen molar-refractivity contribution >= 4 is 11.8 Å². The van der Waals surface area contributed by atoms with Gasteiger partial charge in [-0.3, -0.25) is 9.59 Å². The van der Waals surface area contributed by atoms with Crippen LogP contribution in [0.1, 0.15) is 30.6 Å². The zero-order valence-electron chi connectivity index (χ0n) is 11.7. The number of hydrogen-bond acceptors (Lipinski definition) is 2. The fraction of sp³-hybridized carbons (Fsp3) is 0.467. The van der Waals surface area contributed by atoms with Gasteiger partial charge >= 0.3 is 0 Å². The Kier molecular flexibility index (Phi) is 4.37. The van der Waals surface area contributed by atoms with E-state index in [1.165, 1.54) is 18.2 Å². The van der Waals surface area contributed by atoms with Gasteiger partial charge in [0, 0.05) is 30.6 Å². The summed E-state index contributed by atoms with van der Waals surface area (Å²) in [4.78, 5) is 25.5. The first kappa shape index (κ1) is 14.5. The highest BCUT2D eigenvalue weighted by Gasteiger charge is 2.28. The molecule has 0 aliphatic carbocycles. The van der Waals surface area contributed by atoms with Gasteiger partial charge in [0.25, 0.3) is 5.91 Å². The Hall–Kier alpha value is -1.91. The van der Waals surface area contributed by atoms with Crippen molar-refractivity contribution in [3.63, 3.8) is 0 Å². The minimum atomic E-state index is -0.417. The van der Waals surface area contributed by atoms with Gasteiger partial charge in [0.1, 0.15) is 5.82 Å². The van der Waals surface area contributed by atoms with Crippen LogP contribution in [-0.2, 0) is 4.79 Å². The first-order valence-corrected chi connectivity index (χ1v) is 6.82. The van der Waals surface area contributed by atoms with E-state index in [4.69, 9.17) is 0 Å². The SMILES string of the molecule is CC(C)C(=O)N[C@H]1CCN(C(=O)c2cccc(F)c2)C1. The Balaban J connectivity index is 1.96. The van der Waals surface area contributed by atoms with E-state index in [-0.39, 0.29) is 23.8 Å². The maximum Gasteiger partial charge on any atom is 0.254 e. The molecule has 1 heterocycles. The van der Waals surface area contributed by atoms with Crippen molar-refractivity contribution in [3.05, 3.63) is 35.6 Å². The van der Waals surface area contributed by atoms with Crippen molar-refractivity contribution in [2.45, 2.75) is 26.3 Å². The third kappa shape index (κ3) is 3.35. The van der Waals surface area contributed by atoms with E-state index in [1.807, 2.05) is 13.8 Å². The van der Waals surface area contributed by atoms with Crippen molar-refractivity contribution in [1.29, 1.82) is 0 Å². The lowest BCUT2D eigenvalue weighted by atomic mass is 10.2. The molecule has 4 nitrogen and oxygen atoms in total. The molecule has 1 saturated heterocycles. The molecule has 5 heteroatoms. The molecule has 1 atom stereocenters. The summed E-state index contributed by atoms with van der Waals surface area (Å²) in [6.45, 7) is 4.73. The summed E-state index contributed by atoms with van der Waals surface area (Å²) in [6.07, 6.45) is 0.736. The van der Waals surface area contributed by atoms with Crippen LogP contribution in [-0.4, -0.2) is 35.8 Å². The number of carbonyl (C=O) groups excluding carboxylic acids is 2. The van der Waals surface area contributed by atoms with E-state index in [0.717, 1.165) is 6.42 Å². The highest BCUT2D eigenvalue weighted by molar-refractivity contribution is 5.94. The molecule has 1 aromatic carbocycles. The molecule has 0 bridgehead atoms. The van der Waals surface area contributed by atoms with Crippen LogP contribution < -0.4 is 5.32 Å². The topological polar surface area (TPSA) is 49.4 Å². The maximum absolute atomic E-state index is 13.1. The Morgan fingerprint density at radius 3 is 2.80 bits per heavy atom. The standard InChI is InChI=1S/C15H19FN2O2/c1-10(2)14(19)17-13-6-7-18(9-13)15(20)11-4-3-5-12(16)8-11/h3-5,8,10,13H,6-7,9H2,1-2H3,(H,17,19)/t13-/m0/s1. The average Bonchev–Trinajstić information content (AvgIpc) is 2.86. The fourth-order valence-electron chi connectivity index (χ4n) is 2.23. The highest BCUT2D eigenvalue weighted by Crippen LogP contribution is 2.15. The second kappa shape index (κ2) is 6.03. The van der Waals surface area contributed by atoms with Crippen molar-refractivity contribution < 1.29 is 14.0 Å². The molecule has 1 N–H and O–H groups in total. The molecule has 1 fully saturated rings. The molecule has 20 heavy (non-hydrogen) atoms. The van der Waals surface area contributed by atoms with Gasteiger partial charge in [-0.05, 0) is 24.6 Å². The summed E-state index contributed by atoms with van der Waals surface area (Å²) in [5.74, 6) is -0.677. The minimum absolute atomic E-state index is 0.00458. The Bertz CT molecular complexity index is 516. The zero-order chi connectivity index (χ0) is 14.7. The van der Waals surface area contributed by atoms with E-state index in [9.17, 15) is 14.0 Å². The Morgan fingerprint density at radius 2 is 2.15 bits per heavy atom. The summed E-state index contributed by atoms with van der Waals surface area (Å²) >= 11 is 0. The minimum Gasteiger partial charge on any atom is -0.351 e. The van der Waals surface area contributed by atoms with E-state index < -0.39 is 5.82 Å². The second-order valence-corrected chi connectivity index (χ2v) is 5.41. The Morgan fingerprint density at radius 1 is 1.40 bits per heavy atom. The molecule has 2 amide bonds. The van der Waals surface area contributed by atoms with Crippen LogP contribution in [0.5, 0.6) is 0 Å². The van der Waals surface area contributed by atoms with E-state index >= 15 is 0 Å². The smallest absolute Gasteiger partial charge is 0.254 e. The van der Waals surface area contributed by atoms with Crippen molar-refractivity contribution in [2.75, 3.05) is 13.1 Å². The van der Waals surface area contributed by atoms with Gasteiger partial charge in [-0.2, -0.15) is 0 Å². The van der Waals surface area contributed by atoms with Gasteiger partial charge in [-0.15, -0.1) is 0 Å². The molecule has 0 aromatic heterocycles. The molecule has 0 unspecified atom stereocenters. The summed E-state index contributed by atoms with van der Waals surface area (Å²) in [7, 11) is 0. The zero-order valence-corrected chi connectivity index (χ0v) is 11.7. The summed E-state index contributed by atoms with van der Waals surface area (Å²) in [5, 5.41) is 2.92. The largest absolute Gasteiger partial charge is 0.351 e. The number of rotatable bonds is 3. The maximum atomic E-state index is 13.1. The molecule has 1 aromatic rings. The van der Waals surface area contributed by atoms with E-state index in [2.05, 4.69) is 5.32 Å². The van der Waals surface area contributed by atoms with Gasteiger partial charge in [0.2, 0.25) is 5.91 Å². The number of benzene rings is 1. The molecule has 0 radical (unpaired) electrons. The molecule has 108 valence electrons. The molecule has 0 spiro atoms. The second-order valence-electron chi connectivity index (χ2n) is 5.41. The van der Waals surface area contributed by atoms with Gasteiger partial charge in [-0.25, -0.2) is 4.39 Å². The first-order chi connectivity index (χ1) is 9.47. The number of carbonyl (C=O) groups is 2. The lowest BCUT2D eigenvalue weighted by molar-refractivity contribution is -0.124. The van der Waals surface area contributed by atoms with Crippen LogP contribution >= 0.6 is 0 Å². The predicted molar refractivity (Wildman–Crippen MR) is 73.7 cm³/mol. The number of nitrogens with one attached hydrogen (secondary N) is 1. The first-order valence-electron chi connectivity index (χ1n) is 6.82. The monoisotopic (exact) mass is 278 g/mol. The number of hydrogen-bond donors (Lipinski definition) is 1. The number of amides is 2. The summed E-state index contributed by atoms with van der Waals surface area (Å²) < 4.78 is 13.1. The van der Waals surface area contributed by atoms with Gasteiger partial charge in [0.15, 0.2) is 0 Å². The van der Waals surface area contributed by atoms with Crippen LogP contribution in [0.3, 0.4) is 0 Å². The lowest BCUT2D eigenvalue weighted by Crippen LogP contribution is -2.40. The predicted octanol–water partition coefficient (Wildman–Crippen LogP) is 1.81. The molecule has 1 aliphatic rings. The molecule has 0 saturated carbocycles. The number of nitrogens with zero attached hydrogens (tertiary/aromatic N) is 1. The van der Waals surface area contributed by atoms with Crippen molar-refractivity contribution in [2.24, 2.45) is 5.92 Å². The third-order valence-corrected chi connectivity index (χ3v) is 3.42. The number of halogens is 1. The summed E-state index contributed by atoms with van der Waals surface area (Å²) in [6, 6.07) is 5.67. The van der Waals surface area contributed by atoms with Crippen LogP contribution in [0.25, 0.3) is 0 Å². The Labute approximate surface area is 118 Å². The van der Waals surface area contributed by atoms with Crippen molar-refractivity contribution in [3.8, 4) is 0 Å². The highest BCUT2D eigenvalue weighted by atomic mass is 19.1. The molecule has 1 aliphatic heterocycles. The third-order valence-electron chi connectivity index (χ3n) is 3.42. The van der Waals surface area contributed by atoms with E-state index in [1.54, 1.807) is 11.0 Å². The van der Waals surface area contributed by atoms with Crippen LogP contribution in [0.15, 0.2) is 24.3 Å². The van der Waals surface area contributed by atoms with Gasteiger partial charge in [0.05, 0.1) is 0 Å². The van der Waals surface area contributed by atoms with Gasteiger partial charge < -0.3 is 10.2 Å². The molecule has 2 rings (SSSR count). The van der Waals surface area contributed by atoms with Crippen LogP contribution in [0.2, 0.25) is 0 Å². The van der Waals surface area contributed by atoms with Gasteiger partial charge in [-0.1, -0.05) is 19.9 Å². The number of likely N-dealkylation sites (tertiary alicyclic amines) is 1. The molecular weight excluding hydrogens is 259 g/mol. The van der Waals surface area contributed by atoms with Crippen LogP contribution in [0.4, 0.5) is 4.39 Å².